The standard InChI is InChI=1S/C30H30N2O4/c1-5-35-26-13-11-20(15-28(26)34-4)23(24-17-31-25-9-7-6-8-22(24)25)16-32-30(33)29-19(3)21-12-10-18(2)14-27(21)36-29/h6-15,17,23,31H,5,16H2,1-4H3,(H,32,33)/t23-/m1/s1. The predicted molar refractivity (Wildman–Crippen MR) is 142 cm³/mol. The third-order valence-corrected chi connectivity index (χ3v) is 6.65. The van der Waals surface area contributed by atoms with E-state index in [1.165, 1.54) is 0 Å². The lowest BCUT2D eigenvalue weighted by molar-refractivity contribution is 0.0926. The monoisotopic (exact) mass is 482 g/mol. The number of benzene rings is 3. The first-order valence-corrected chi connectivity index (χ1v) is 12.1. The van der Waals surface area contributed by atoms with E-state index < -0.39 is 0 Å². The highest BCUT2D eigenvalue weighted by Crippen LogP contribution is 2.36. The van der Waals surface area contributed by atoms with Crippen LogP contribution in [-0.2, 0) is 0 Å². The number of amides is 1. The van der Waals surface area contributed by atoms with Gasteiger partial charge in [0.1, 0.15) is 5.58 Å². The molecule has 0 saturated heterocycles. The van der Waals surface area contributed by atoms with Crippen LogP contribution in [0.5, 0.6) is 11.5 Å². The Bertz CT molecular complexity index is 1550. The summed E-state index contributed by atoms with van der Waals surface area (Å²) in [5.74, 6) is 1.34. The number of aromatic amines is 1. The van der Waals surface area contributed by atoms with Crippen molar-refractivity contribution in [3.05, 3.63) is 94.9 Å². The number of furan rings is 1. The van der Waals surface area contributed by atoms with Gasteiger partial charge >= 0.3 is 0 Å². The maximum Gasteiger partial charge on any atom is 0.287 e. The van der Waals surface area contributed by atoms with Crippen molar-refractivity contribution in [2.24, 2.45) is 0 Å². The van der Waals surface area contributed by atoms with E-state index in [1.807, 2.05) is 81.6 Å². The van der Waals surface area contributed by atoms with Crippen LogP contribution in [0.25, 0.3) is 21.9 Å². The number of para-hydroxylation sites is 1. The van der Waals surface area contributed by atoms with Gasteiger partial charge in [-0.1, -0.05) is 36.4 Å². The molecule has 36 heavy (non-hydrogen) atoms. The average Bonchev–Trinajstić information content (AvgIpc) is 3.46. The number of hydrogen-bond donors (Lipinski definition) is 2. The van der Waals surface area contributed by atoms with E-state index in [1.54, 1.807) is 7.11 Å². The minimum atomic E-state index is -0.232. The van der Waals surface area contributed by atoms with Crippen molar-refractivity contribution in [1.82, 2.24) is 10.3 Å². The fourth-order valence-electron chi connectivity index (χ4n) is 4.79. The first kappa shape index (κ1) is 23.5. The number of H-pyrrole nitrogens is 1. The van der Waals surface area contributed by atoms with Gasteiger partial charge in [0.15, 0.2) is 17.3 Å². The van der Waals surface area contributed by atoms with Gasteiger partial charge in [0, 0.05) is 40.5 Å². The van der Waals surface area contributed by atoms with Gasteiger partial charge in [0.25, 0.3) is 5.91 Å². The van der Waals surface area contributed by atoms with Gasteiger partial charge in [0.2, 0.25) is 0 Å². The Hall–Kier alpha value is -4.19. The zero-order valence-corrected chi connectivity index (χ0v) is 21.0. The molecule has 0 spiro atoms. The molecule has 6 nitrogen and oxygen atoms in total. The molecule has 2 N–H and O–H groups in total. The zero-order valence-electron chi connectivity index (χ0n) is 21.0. The maximum absolute atomic E-state index is 13.3. The molecule has 5 aromatic rings. The van der Waals surface area contributed by atoms with E-state index in [0.717, 1.165) is 44.1 Å². The summed E-state index contributed by atoms with van der Waals surface area (Å²) in [6, 6.07) is 20.1. The molecule has 1 atom stereocenters. The number of aromatic nitrogens is 1. The normalized spacial score (nSPS) is 12.1. The second-order valence-electron chi connectivity index (χ2n) is 8.95. The predicted octanol–water partition coefficient (Wildman–Crippen LogP) is 6.50. The molecule has 2 aromatic heterocycles. The third kappa shape index (κ3) is 4.31. The summed E-state index contributed by atoms with van der Waals surface area (Å²) in [5.41, 5.74) is 5.81. The van der Waals surface area contributed by atoms with Crippen molar-refractivity contribution in [2.45, 2.75) is 26.7 Å². The lowest BCUT2D eigenvalue weighted by Gasteiger charge is -2.20. The topological polar surface area (TPSA) is 76.5 Å². The summed E-state index contributed by atoms with van der Waals surface area (Å²) < 4.78 is 17.3. The van der Waals surface area contributed by atoms with Crippen molar-refractivity contribution in [3.8, 4) is 11.5 Å². The lowest BCUT2D eigenvalue weighted by atomic mass is 9.90. The molecule has 0 aliphatic rings. The van der Waals surface area contributed by atoms with Crippen molar-refractivity contribution < 1.29 is 18.7 Å². The van der Waals surface area contributed by atoms with Gasteiger partial charge in [0.05, 0.1) is 13.7 Å². The molecule has 0 aliphatic heterocycles. The first-order valence-electron chi connectivity index (χ1n) is 12.1. The molecule has 2 heterocycles. The summed E-state index contributed by atoms with van der Waals surface area (Å²) in [5, 5.41) is 5.19. The van der Waals surface area contributed by atoms with Crippen molar-refractivity contribution in [2.75, 3.05) is 20.3 Å². The van der Waals surface area contributed by atoms with Gasteiger partial charge < -0.3 is 24.2 Å². The number of hydrogen-bond acceptors (Lipinski definition) is 4. The Morgan fingerprint density at radius 2 is 1.86 bits per heavy atom. The first-order chi connectivity index (χ1) is 17.5. The minimum absolute atomic E-state index is 0.124. The van der Waals surface area contributed by atoms with Crippen LogP contribution in [0.3, 0.4) is 0 Å². The van der Waals surface area contributed by atoms with E-state index in [-0.39, 0.29) is 11.8 Å². The van der Waals surface area contributed by atoms with Gasteiger partial charge in [-0.2, -0.15) is 0 Å². The molecule has 184 valence electrons. The molecular weight excluding hydrogens is 452 g/mol. The quantitative estimate of drug-likeness (QED) is 0.265. The molecule has 0 radical (unpaired) electrons. The van der Waals surface area contributed by atoms with Gasteiger partial charge in [-0.25, -0.2) is 0 Å². The number of methoxy groups -OCH3 is 1. The van der Waals surface area contributed by atoms with Gasteiger partial charge in [-0.05, 0) is 61.7 Å². The number of nitrogens with one attached hydrogen (secondary N) is 2. The van der Waals surface area contributed by atoms with Crippen LogP contribution in [0.4, 0.5) is 0 Å². The molecule has 0 aliphatic carbocycles. The Kier molecular flexibility index (Phi) is 6.42. The second-order valence-corrected chi connectivity index (χ2v) is 8.95. The molecular formula is C30H30N2O4. The number of ether oxygens (including phenoxy) is 2. The molecule has 0 fully saturated rings. The summed E-state index contributed by atoms with van der Waals surface area (Å²) in [6.07, 6.45) is 2.01. The van der Waals surface area contributed by atoms with Crippen LogP contribution in [0.15, 0.2) is 71.3 Å². The number of aryl methyl sites for hydroxylation is 2. The molecule has 0 unspecified atom stereocenters. The number of carbonyl (C=O) groups excluding carboxylic acids is 1. The van der Waals surface area contributed by atoms with Gasteiger partial charge in [-0.15, -0.1) is 0 Å². The number of rotatable bonds is 8. The van der Waals surface area contributed by atoms with E-state index >= 15 is 0 Å². The highest BCUT2D eigenvalue weighted by molar-refractivity contribution is 5.99. The van der Waals surface area contributed by atoms with Crippen LogP contribution >= 0.6 is 0 Å². The number of carbonyl (C=O) groups is 1. The van der Waals surface area contributed by atoms with Crippen molar-refractivity contribution >= 4 is 27.8 Å². The Labute approximate surface area is 210 Å². The second kappa shape index (κ2) is 9.82. The van der Waals surface area contributed by atoms with E-state index in [9.17, 15) is 4.79 Å². The summed E-state index contributed by atoms with van der Waals surface area (Å²) >= 11 is 0. The number of fused-ring (bicyclic) bond motifs is 2. The van der Waals surface area contributed by atoms with Crippen molar-refractivity contribution in [3.63, 3.8) is 0 Å². The molecule has 3 aromatic carbocycles. The zero-order chi connectivity index (χ0) is 25.2. The summed E-state index contributed by atoms with van der Waals surface area (Å²) in [6.45, 7) is 6.80. The van der Waals surface area contributed by atoms with E-state index in [2.05, 4.69) is 16.4 Å². The molecule has 6 heteroatoms. The van der Waals surface area contributed by atoms with Crippen LogP contribution in [-0.4, -0.2) is 31.2 Å². The smallest absolute Gasteiger partial charge is 0.287 e. The SMILES string of the molecule is CCOc1ccc([C@@H](CNC(=O)c2oc3cc(C)ccc3c2C)c2c[nH]c3ccccc23)cc1OC. The Morgan fingerprint density at radius 1 is 1.03 bits per heavy atom. The summed E-state index contributed by atoms with van der Waals surface area (Å²) in [7, 11) is 1.64. The van der Waals surface area contributed by atoms with Crippen LogP contribution in [0, 0.1) is 13.8 Å². The average molecular weight is 483 g/mol. The third-order valence-electron chi connectivity index (χ3n) is 6.65. The van der Waals surface area contributed by atoms with E-state index in [0.29, 0.717) is 30.4 Å². The Morgan fingerprint density at radius 3 is 2.67 bits per heavy atom. The van der Waals surface area contributed by atoms with Gasteiger partial charge in [-0.3, -0.25) is 4.79 Å². The Balaban J connectivity index is 1.50. The summed E-state index contributed by atoms with van der Waals surface area (Å²) in [4.78, 5) is 16.7. The van der Waals surface area contributed by atoms with E-state index in [4.69, 9.17) is 13.9 Å². The highest BCUT2D eigenvalue weighted by atomic mass is 16.5. The van der Waals surface area contributed by atoms with Crippen LogP contribution in [0.2, 0.25) is 0 Å². The lowest BCUT2D eigenvalue weighted by Crippen LogP contribution is -2.29. The molecule has 0 bridgehead atoms. The van der Waals surface area contributed by atoms with Crippen LogP contribution < -0.4 is 14.8 Å². The molecule has 5 rings (SSSR count). The molecule has 1 amide bonds. The highest BCUT2D eigenvalue weighted by Gasteiger charge is 2.23. The maximum atomic E-state index is 13.3. The fourth-order valence-corrected chi connectivity index (χ4v) is 4.79. The van der Waals surface area contributed by atoms with Crippen molar-refractivity contribution in [1.29, 1.82) is 0 Å². The largest absolute Gasteiger partial charge is 0.493 e. The van der Waals surface area contributed by atoms with Crippen LogP contribution in [0.1, 0.15) is 45.7 Å². The minimum Gasteiger partial charge on any atom is -0.493 e. The molecule has 0 saturated carbocycles. The fraction of sp³-hybridized carbons (Fsp3) is 0.233.